The molecular weight excluding hydrogens is 440 g/mol. The van der Waals surface area contributed by atoms with E-state index in [2.05, 4.69) is 17.2 Å². The molecule has 8 N–H and O–H groups in total. The van der Waals surface area contributed by atoms with Gasteiger partial charge in [0.1, 0.15) is 12.2 Å². The van der Waals surface area contributed by atoms with E-state index in [9.17, 15) is 35.4 Å². The van der Waals surface area contributed by atoms with Crippen molar-refractivity contribution in [2.75, 3.05) is 32.8 Å². The molecule has 0 radical (unpaired) electrons. The lowest BCUT2D eigenvalue weighted by atomic mass is 9.87. The summed E-state index contributed by atoms with van der Waals surface area (Å²) in [5.74, 6) is -1.55. The fourth-order valence-corrected chi connectivity index (χ4v) is 4.08. The summed E-state index contributed by atoms with van der Waals surface area (Å²) in [6, 6.07) is 0. The van der Waals surface area contributed by atoms with Crippen molar-refractivity contribution in [3.8, 4) is 0 Å². The number of aliphatic hydroxyl groups is 6. The number of hydrogen-bond acceptors (Lipinski definition) is 11. The Morgan fingerprint density at radius 1 is 0.970 bits per heavy atom. The van der Waals surface area contributed by atoms with E-state index >= 15 is 0 Å². The van der Waals surface area contributed by atoms with Crippen LogP contribution in [0, 0.1) is 11.8 Å². The van der Waals surface area contributed by atoms with Crippen molar-refractivity contribution in [3.05, 3.63) is 12.2 Å². The number of amides is 1. The maximum absolute atomic E-state index is 11.5. The van der Waals surface area contributed by atoms with Gasteiger partial charge in [-0.05, 0) is 13.3 Å². The van der Waals surface area contributed by atoms with E-state index in [-0.39, 0.29) is 25.7 Å². The zero-order chi connectivity index (χ0) is 24.7. The van der Waals surface area contributed by atoms with Crippen LogP contribution < -0.4 is 10.6 Å². The van der Waals surface area contributed by atoms with Gasteiger partial charge in [0.25, 0.3) is 0 Å². The molecule has 0 aliphatic carbocycles. The fraction of sp³-hybridized carbons (Fsp3) is 0.857. The average molecular weight is 479 g/mol. The number of nitrogens with one attached hydrogen (secondary N) is 2. The highest BCUT2D eigenvalue weighted by Gasteiger charge is 2.47. The Balaban J connectivity index is 1.94. The largest absolute Gasteiger partial charge is 0.394 e. The molecule has 0 spiro atoms. The van der Waals surface area contributed by atoms with Gasteiger partial charge in [-0.1, -0.05) is 13.5 Å². The van der Waals surface area contributed by atoms with Crippen LogP contribution in [-0.4, -0.2) is 119 Å². The zero-order valence-corrected chi connectivity index (χ0v) is 19.0. The normalized spacial score (nSPS) is 39.3. The first-order valence-corrected chi connectivity index (χ1v) is 11.2. The van der Waals surface area contributed by atoms with Gasteiger partial charge in [0.15, 0.2) is 12.6 Å². The number of aliphatic hydroxyl groups excluding tert-OH is 6. The van der Waals surface area contributed by atoms with E-state index in [0.717, 1.165) is 0 Å². The third-order valence-electron chi connectivity index (χ3n) is 6.15. The summed E-state index contributed by atoms with van der Waals surface area (Å²) in [7, 11) is 0. The maximum Gasteiger partial charge on any atom is 0.246 e. The molecule has 0 aromatic carbocycles. The van der Waals surface area contributed by atoms with Gasteiger partial charge in [-0.3, -0.25) is 4.79 Å². The lowest BCUT2D eigenvalue weighted by molar-refractivity contribution is -0.310. The topological polar surface area (TPSA) is 190 Å². The molecule has 2 aliphatic rings. The predicted octanol–water partition coefficient (Wildman–Crippen LogP) is -3.19. The van der Waals surface area contributed by atoms with Gasteiger partial charge < -0.3 is 55.5 Å². The molecular formula is C21H38N2O10. The molecule has 2 unspecified atom stereocenters. The minimum atomic E-state index is -1.60. The van der Waals surface area contributed by atoms with Crippen LogP contribution in [0.3, 0.4) is 0 Å². The Bertz CT molecular complexity index is 636. The van der Waals surface area contributed by atoms with Crippen LogP contribution in [0.25, 0.3) is 0 Å². The van der Waals surface area contributed by atoms with Gasteiger partial charge in [0, 0.05) is 37.0 Å². The van der Waals surface area contributed by atoms with Crippen LogP contribution in [0.15, 0.2) is 12.2 Å². The first-order valence-electron chi connectivity index (χ1n) is 11.2. The Morgan fingerprint density at radius 3 is 2.24 bits per heavy atom. The molecule has 2 saturated heterocycles. The molecule has 12 nitrogen and oxygen atoms in total. The van der Waals surface area contributed by atoms with Gasteiger partial charge in [-0.15, -0.1) is 0 Å². The second kappa shape index (κ2) is 13.0. The number of rotatable bonds is 11. The molecule has 0 bridgehead atoms. The predicted molar refractivity (Wildman–Crippen MR) is 115 cm³/mol. The van der Waals surface area contributed by atoms with E-state index in [1.165, 1.54) is 0 Å². The Hall–Kier alpha value is -1.19. The molecule has 1 amide bonds. The van der Waals surface area contributed by atoms with Crippen LogP contribution in [-0.2, 0) is 19.0 Å². The van der Waals surface area contributed by atoms with Gasteiger partial charge >= 0.3 is 0 Å². The maximum atomic E-state index is 11.5. The van der Waals surface area contributed by atoms with Crippen LogP contribution in [0.2, 0.25) is 0 Å². The van der Waals surface area contributed by atoms with Crippen molar-refractivity contribution < 1.29 is 49.6 Å². The Labute approximate surface area is 193 Å². The number of ether oxygens (including phenoxy) is 3. The van der Waals surface area contributed by atoms with Crippen molar-refractivity contribution in [2.24, 2.45) is 11.8 Å². The molecule has 10 atom stereocenters. The highest BCUT2D eigenvalue weighted by molar-refractivity contribution is 5.92. The fourth-order valence-electron chi connectivity index (χ4n) is 4.08. The summed E-state index contributed by atoms with van der Waals surface area (Å²) in [6.07, 6.45) is -9.40. The van der Waals surface area contributed by atoms with E-state index < -0.39 is 61.0 Å². The van der Waals surface area contributed by atoms with E-state index in [1.807, 2.05) is 0 Å². The summed E-state index contributed by atoms with van der Waals surface area (Å²) in [6.45, 7) is 7.19. The molecule has 192 valence electrons. The van der Waals surface area contributed by atoms with Gasteiger partial charge in [0.2, 0.25) is 5.91 Å². The lowest BCUT2D eigenvalue weighted by Gasteiger charge is -2.44. The molecule has 2 rings (SSSR count). The summed E-state index contributed by atoms with van der Waals surface area (Å²) in [5.41, 5.74) is 0.383. The van der Waals surface area contributed by atoms with Crippen LogP contribution in [0.1, 0.15) is 20.3 Å². The third kappa shape index (κ3) is 7.15. The molecule has 0 saturated carbocycles. The van der Waals surface area contributed by atoms with Crippen molar-refractivity contribution in [2.45, 2.75) is 69.5 Å². The minimum absolute atomic E-state index is 0.158. The minimum Gasteiger partial charge on any atom is -0.394 e. The number of carbonyl (C=O) groups excluding carboxylic acids is 1. The van der Waals surface area contributed by atoms with E-state index in [1.54, 1.807) is 13.8 Å². The average Bonchev–Trinajstić information content (AvgIpc) is 2.79. The monoisotopic (exact) mass is 478 g/mol. The first-order chi connectivity index (χ1) is 15.6. The standard InChI is InChI=1S/C21H38N2O10/c1-4-11-14(8-24)33-21(18(28)15(11)25)31-9-12-13(32-20(30)17(27)16(12)26)7-22-5-6-23-19(29)10(2)3/h11-18,20-22,24-28,30H,2,4-9H2,1,3H3,(H,23,29)/t11-,12?,13-,14-,15+,16+,17-,18-,20+,21?/m1/s1. The molecule has 0 aromatic heterocycles. The summed E-state index contributed by atoms with van der Waals surface area (Å²) in [4.78, 5) is 11.5. The molecule has 2 aliphatic heterocycles. The van der Waals surface area contributed by atoms with Crippen molar-refractivity contribution in [3.63, 3.8) is 0 Å². The summed E-state index contributed by atoms with van der Waals surface area (Å²) >= 11 is 0. The summed E-state index contributed by atoms with van der Waals surface area (Å²) < 4.78 is 16.7. The molecule has 0 aromatic rings. The van der Waals surface area contributed by atoms with E-state index in [0.29, 0.717) is 25.1 Å². The lowest BCUT2D eigenvalue weighted by Crippen LogP contribution is -2.60. The highest BCUT2D eigenvalue weighted by atomic mass is 16.7. The quantitative estimate of drug-likeness (QED) is 0.110. The zero-order valence-electron chi connectivity index (χ0n) is 19.0. The van der Waals surface area contributed by atoms with Gasteiger partial charge in [0.05, 0.1) is 37.6 Å². The molecule has 2 fully saturated rings. The Kier molecular flexibility index (Phi) is 11.1. The van der Waals surface area contributed by atoms with E-state index in [4.69, 9.17) is 14.2 Å². The summed E-state index contributed by atoms with van der Waals surface area (Å²) in [5, 5.41) is 66.4. The third-order valence-corrected chi connectivity index (χ3v) is 6.15. The molecule has 33 heavy (non-hydrogen) atoms. The van der Waals surface area contributed by atoms with Crippen molar-refractivity contribution >= 4 is 5.91 Å². The second-order valence-corrected chi connectivity index (χ2v) is 8.56. The number of carbonyl (C=O) groups is 1. The SMILES string of the molecule is C=C(C)C(=O)NCCNC[C@H]1O[C@H](O)[C@H](O)[C@@H](O)C1COC1O[C@H](CO)[C@@H](CC)[C@H](O)[C@H]1O. The first kappa shape index (κ1) is 28.1. The van der Waals surface area contributed by atoms with Crippen molar-refractivity contribution in [1.82, 2.24) is 10.6 Å². The van der Waals surface area contributed by atoms with Crippen molar-refractivity contribution in [1.29, 1.82) is 0 Å². The Morgan fingerprint density at radius 2 is 1.64 bits per heavy atom. The number of hydrogen-bond donors (Lipinski definition) is 8. The smallest absolute Gasteiger partial charge is 0.246 e. The molecule has 12 heteroatoms. The van der Waals surface area contributed by atoms with Gasteiger partial charge in [-0.25, -0.2) is 0 Å². The van der Waals surface area contributed by atoms with Crippen LogP contribution in [0.5, 0.6) is 0 Å². The van der Waals surface area contributed by atoms with Gasteiger partial charge in [-0.2, -0.15) is 0 Å². The highest BCUT2D eigenvalue weighted by Crippen LogP contribution is 2.31. The second-order valence-electron chi connectivity index (χ2n) is 8.56. The van der Waals surface area contributed by atoms with Crippen LogP contribution in [0.4, 0.5) is 0 Å². The molecule has 2 heterocycles. The van der Waals surface area contributed by atoms with Crippen LogP contribution >= 0.6 is 0 Å².